The van der Waals surface area contributed by atoms with Gasteiger partial charge < -0.3 is 19.9 Å². The van der Waals surface area contributed by atoms with Gasteiger partial charge in [0.15, 0.2) is 0 Å². The Labute approximate surface area is 117 Å². The predicted molar refractivity (Wildman–Crippen MR) is 71.9 cm³/mol. The van der Waals surface area contributed by atoms with E-state index in [1.165, 1.54) is 6.92 Å². The highest BCUT2D eigenvalue weighted by molar-refractivity contribution is 5.69. The van der Waals surface area contributed by atoms with Crippen LogP contribution in [0.5, 0.6) is 0 Å². The summed E-state index contributed by atoms with van der Waals surface area (Å²) in [6.07, 6.45) is -0.683. The lowest BCUT2D eigenvalue weighted by Crippen LogP contribution is -2.52. The van der Waals surface area contributed by atoms with E-state index in [1.54, 1.807) is 6.92 Å². The standard InChI is InChI=1S/C14H19NO5/c1-11(17)20-10-14(2,9-16)15-13(18)19-8-12-6-4-3-5-7-12/h3-7,16H,8-10H2,1-2H3,(H,15,18)/t14-/m0/s1. The Morgan fingerprint density at radius 2 is 1.90 bits per heavy atom. The minimum Gasteiger partial charge on any atom is -0.463 e. The number of carbonyl (C=O) groups excluding carboxylic acids is 2. The van der Waals surface area contributed by atoms with E-state index in [9.17, 15) is 14.7 Å². The van der Waals surface area contributed by atoms with Crippen molar-refractivity contribution in [2.75, 3.05) is 13.2 Å². The van der Waals surface area contributed by atoms with E-state index >= 15 is 0 Å². The third kappa shape index (κ3) is 5.71. The second-order valence-electron chi connectivity index (χ2n) is 4.69. The molecular formula is C14H19NO5. The molecule has 0 aliphatic heterocycles. The Balaban J connectivity index is 2.44. The summed E-state index contributed by atoms with van der Waals surface area (Å²) in [5.41, 5.74) is -0.215. The van der Waals surface area contributed by atoms with Gasteiger partial charge in [0, 0.05) is 6.92 Å². The smallest absolute Gasteiger partial charge is 0.408 e. The average Bonchev–Trinajstić information content (AvgIpc) is 2.44. The number of esters is 1. The van der Waals surface area contributed by atoms with Crippen LogP contribution in [0, 0.1) is 0 Å². The number of hydrogen-bond donors (Lipinski definition) is 2. The highest BCUT2D eigenvalue weighted by Crippen LogP contribution is 2.06. The minimum absolute atomic E-state index is 0.126. The molecule has 1 atom stereocenters. The molecule has 0 fully saturated rings. The van der Waals surface area contributed by atoms with Crippen LogP contribution in [0.3, 0.4) is 0 Å². The first-order valence-electron chi connectivity index (χ1n) is 6.18. The van der Waals surface area contributed by atoms with E-state index in [-0.39, 0.29) is 19.8 Å². The first kappa shape index (κ1) is 16.0. The maximum Gasteiger partial charge on any atom is 0.408 e. The molecule has 0 radical (unpaired) electrons. The summed E-state index contributed by atoms with van der Waals surface area (Å²) in [7, 11) is 0. The summed E-state index contributed by atoms with van der Waals surface area (Å²) in [6, 6.07) is 9.21. The van der Waals surface area contributed by atoms with Gasteiger partial charge in [-0.15, -0.1) is 0 Å². The van der Waals surface area contributed by atoms with E-state index in [0.717, 1.165) is 5.56 Å². The van der Waals surface area contributed by atoms with Gasteiger partial charge in [0.2, 0.25) is 0 Å². The molecule has 1 aromatic carbocycles. The van der Waals surface area contributed by atoms with E-state index in [4.69, 9.17) is 9.47 Å². The normalized spacial score (nSPS) is 13.2. The molecule has 6 nitrogen and oxygen atoms in total. The van der Waals surface area contributed by atoms with Crippen LogP contribution in [-0.4, -0.2) is 35.9 Å². The number of alkyl carbamates (subject to hydrolysis) is 1. The van der Waals surface area contributed by atoms with Gasteiger partial charge in [-0.05, 0) is 12.5 Å². The van der Waals surface area contributed by atoms with Crippen LogP contribution in [0.4, 0.5) is 4.79 Å². The number of aliphatic hydroxyl groups is 1. The van der Waals surface area contributed by atoms with Gasteiger partial charge in [-0.25, -0.2) is 4.79 Å². The molecule has 0 saturated carbocycles. The number of amides is 1. The Morgan fingerprint density at radius 1 is 1.25 bits per heavy atom. The summed E-state index contributed by atoms with van der Waals surface area (Å²) in [5.74, 6) is -0.482. The van der Waals surface area contributed by atoms with Crippen molar-refractivity contribution in [2.24, 2.45) is 0 Å². The number of aliphatic hydroxyl groups excluding tert-OH is 1. The van der Waals surface area contributed by atoms with Crippen LogP contribution in [-0.2, 0) is 20.9 Å². The highest BCUT2D eigenvalue weighted by Gasteiger charge is 2.28. The number of carbonyl (C=O) groups is 2. The second-order valence-corrected chi connectivity index (χ2v) is 4.69. The van der Waals surface area contributed by atoms with Crippen molar-refractivity contribution in [3.05, 3.63) is 35.9 Å². The molecule has 0 unspecified atom stereocenters. The molecule has 0 heterocycles. The maximum atomic E-state index is 11.7. The lowest BCUT2D eigenvalue weighted by atomic mass is 10.1. The lowest BCUT2D eigenvalue weighted by molar-refractivity contribution is -0.143. The molecule has 1 aromatic rings. The minimum atomic E-state index is -1.07. The summed E-state index contributed by atoms with van der Waals surface area (Å²) < 4.78 is 9.82. The third-order valence-corrected chi connectivity index (χ3v) is 2.56. The average molecular weight is 281 g/mol. The molecule has 0 aromatic heterocycles. The molecule has 20 heavy (non-hydrogen) atoms. The largest absolute Gasteiger partial charge is 0.463 e. The molecule has 110 valence electrons. The number of hydrogen-bond acceptors (Lipinski definition) is 5. The van der Waals surface area contributed by atoms with Gasteiger partial charge in [0.25, 0.3) is 0 Å². The number of rotatable bonds is 6. The maximum absolute atomic E-state index is 11.7. The Hall–Kier alpha value is -2.08. The Kier molecular flexibility index (Phi) is 5.99. The molecule has 1 amide bonds. The van der Waals surface area contributed by atoms with Gasteiger partial charge in [0.05, 0.1) is 12.1 Å². The van der Waals surface area contributed by atoms with Crippen molar-refractivity contribution < 1.29 is 24.2 Å². The van der Waals surface area contributed by atoms with Crippen LogP contribution in [0.2, 0.25) is 0 Å². The van der Waals surface area contributed by atoms with Crippen molar-refractivity contribution in [2.45, 2.75) is 26.0 Å². The van der Waals surface area contributed by atoms with Crippen LogP contribution in [0.15, 0.2) is 30.3 Å². The van der Waals surface area contributed by atoms with Crippen molar-refractivity contribution >= 4 is 12.1 Å². The fraction of sp³-hybridized carbons (Fsp3) is 0.429. The predicted octanol–water partition coefficient (Wildman–Crippen LogP) is 1.23. The van der Waals surface area contributed by atoms with Crippen molar-refractivity contribution in [3.63, 3.8) is 0 Å². The van der Waals surface area contributed by atoms with E-state index in [0.29, 0.717) is 0 Å². The van der Waals surface area contributed by atoms with E-state index < -0.39 is 17.6 Å². The second kappa shape index (κ2) is 7.49. The van der Waals surface area contributed by atoms with Crippen LogP contribution in [0.1, 0.15) is 19.4 Å². The Morgan fingerprint density at radius 3 is 2.45 bits per heavy atom. The first-order valence-corrected chi connectivity index (χ1v) is 6.18. The third-order valence-electron chi connectivity index (χ3n) is 2.56. The van der Waals surface area contributed by atoms with Crippen molar-refractivity contribution in [3.8, 4) is 0 Å². The molecule has 1 rings (SSSR count). The molecule has 0 bridgehead atoms. The topological polar surface area (TPSA) is 84.9 Å². The van der Waals surface area contributed by atoms with Crippen LogP contribution < -0.4 is 5.32 Å². The first-order chi connectivity index (χ1) is 9.45. The molecule has 0 spiro atoms. The number of benzene rings is 1. The molecular weight excluding hydrogens is 262 g/mol. The van der Waals surface area contributed by atoms with Gasteiger partial charge in [-0.1, -0.05) is 30.3 Å². The molecule has 6 heteroatoms. The van der Waals surface area contributed by atoms with Crippen molar-refractivity contribution in [1.29, 1.82) is 0 Å². The van der Waals surface area contributed by atoms with Crippen molar-refractivity contribution in [1.82, 2.24) is 5.32 Å². The monoisotopic (exact) mass is 281 g/mol. The summed E-state index contributed by atoms with van der Waals surface area (Å²) in [4.78, 5) is 22.4. The van der Waals surface area contributed by atoms with Gasteiger partial charge in [-0.3, -0.25) is 4.79 Å². The fourth-order valence-electron chi connectivity index (χ4n) is 1.39. The number of ether oxygens (including phenoxy) is 2. The number of nitrogens with one attached hydrogen (secondary N) is 1. The fourth-order valence-corrected chi connectivity index (χ4v) is 1.39. The highest BCUT2D eigenvalue weighted by atomic mass is 16.6. The van der Waals surface area contributed by atoms with E-state index in [2.05, 4.69) is 5.32 Å². The summed E-state index contributed by atoms with van der Waals surface area (Å²) in [6.45, 7) is 2.44. The van der Waals surface area contributed by atoms with Crippen LogP contribution in [0.25, 0.3) is 0 Å². The summed E-state index contributed by atoms with van der Waals surface area (Å²) >= 11 is 0. The van der Waals surface area contributed by atoms with Gasteiger partial charge in [0.1, 0.15) is 13.2 Å². The molecule has 0 aliphatic carbocycles. The Bertz CT molecular complexity index is 448. The quantitative estimate of drug-likeness (QED) is 0.766. The lowest BCUT2D eigenvalue weighted by Gasteiger charge is -2.27. The van der Waals surface area contributed by atoms with Gasteiger partial charge in [-0.2, -0.15) is 0 Å². The van der Waals surface area contributed by atoms with Crippen LogP contribution >= 0.6 is 0 Å². The molecule has 0 aliphatic rings. The SMILES string of the molecule is CC(=O)OC[C@](C)(CO)NC(=O)OCc1ccccc1. The zero-order chi connectivity index (χ0) is 15.0. The zero-order valence-corrected chi connectivity index (χ0v) is 11.6. The van der Waals surface area contributed by atoms with E-state index in [1.807, 2.05) is 30.3 Å². The van der Waals surface area contributed by atoms with Gasteiger partial charge >= 0.3 is 12.1 Å². The molecule has 2 N–H and O–H groups in total. The summed E-state index contributed by atoms with van der Waals surface area (Å²) in [5, 5.41) is 11.8. The zero-order valence-electron chi connectivity index (χ0n) is 11.6. The molecule has 0 saturated heterocycles.